The summed E-state index contributed by atoms with van der Waals surface area (Å²) >= 11 is 0. The average Bonchev–Trinajstić information content (AvgIpc) is 1.77. The Hall–Kier alpha value is -0.370. The van der Waals surface area contributed by atoms with Crippen molar-refractivity contribution in [3.05, 3.63) is 0 Å². The summed E-state index contributed by atoms with van der Waals surface area (Å²) in [6.45, 7) is 11.9. The molecule has 0 saturated heterocycles. The first-order valence-corrected chi connectivity index (χ1v) is 4.83. The van der Waals surface area contributed by atoms with Crippen molar-refractivity contribution >= 4 is 5.78 Å². The van der Waals surface area contributed by atoms with E-state index >= 15 is 0 Å². The summed E-state index contributed by atoms with van der Waals surface area (Å²) in [6, 6.07) is 0. The first-order valence-electron chi connectivity index (χ1n) is 4.83. The van der Waals surface area contributed by atoms with Crippen LogP contribution in [0.15, 0.2) is 0 Å². The van der Waals surface area contributed by atoms with Crippen LogP contribution < -0.4 is 5.73 Å². The Morgan fingerprint density at radius 1 is 1.23 bits per heavy atom. The fourth-order valence-corrected chi connectivity index (χ4v) is 1.54. The van der Waals surface area contributed by atoms with E-state index in [2.05, 4.69) is 20.8 Å². The molecule has 2 N–H and O–H groups in total. The minimum atomic E-state index is -0.404. The van der Waals surface area contributed by atoms with Gasteiger partial charge >= 0.3 is 0 Å². The van der Waals surface area contributed by atoms with E-state index in [4.69, 9.17) is 5.73 Å². The summed E-state index contributed by atoms with van der Waals surface area (Å²) in [4.78, 5) is 11.4. The SMILES string of the molecule is CC(=O)C(CC(C)(C)C)C(C)(C)N. The molecule has 0 aromatic heterocycles. The second-order valence-electron chi connectivity index (χ2n) is 5.75. The molecule has 0 fully saturated rings. The van der Waals surface area contributed by atoms with Gasteiger partial charge in [0.25, 0.3) is 0 Å². The van der Waals surface area contributed by atoms with Crippen molar-refractivity contribution in [2.75, 3.05) is 0 Å². The van der Waals surface area contributed by atoms with Gasteiger partial charge in [-0.05, 0) is 32.6 Å². The molecule has 0 bridgehead atoms. The highest BCUT2D eigenvalue weighted by Gasteiger charge is 2.32. The van der Waals surface area contributed by atoms with Crippen LogP contribution in [0.25, 0.3) is 0 Å². The fourth-order valence-electron chi connectivity index (χ4n) is 1.54. The average molecular weight is 185 g/mol. The Morgan fingerprint density at radius 3 is 1.69 bits per heavy atom. The topological polar surface area (TPSA) is 43.1 Å². The lowest BCUT2D eigenvalue weighted by Crippen LogP contribution is -2.45. The number of Topliss-reactive ketones (excluding diaryl/α,β-unsaturated/α-hetero) is 1. The van der Waals surface area contributed by atoms with E-state index in [9.17, 15) is 4.79 Å². The normalized spacial score (nSPS) is 15.6. The Bertz CT molecular complexity index is 183. The molecule has 0 aromatic rings. The second kappa shape index (κ2) is 3.79. The van der Waals surface area contributed by atoms with Gasteiger partial charge in [0.1, 0.15) is 5.78 Å². The zero-order valence-corrected chi connectivity index (χ0v) is 9.77. The second-order valence-corrected chi connectivity index (χ2v) is 5.75. The molecule has 0 aromatic carbocycles. The van der Waals surface area contributed by atoms with Gasteiger partial charge in [-0.25, -0.2) is 0 Å². The van der Waals surface area contributed by atoms with Crippen LogP contribution in [0.4, 0.5) is 0 Å². The molecular weight excluding hydrogens is 162 g/mol. The number of hydrogen-bond donors (Lipinski definition) is 1. The van der Waals surface area contributed by atoms with Crippen molar-refractivity contribution < 1.29 is 4.79 Å². The van der Waals surface area contributed by atoms with Crippen molar-refractivity contribution in [2.24, 2.45) is 17.1 Å². The smallest absolute Gasteiger partial charge is 0.134 e. The Kier molecular flexibility index (Phi) is 3.68. The number of rotatable bonds is 3. The van der Waals surface area contributed by atoms with Crippen LogP contribution >= 0.6 is 0 Å². The highest BCUT2D eigenvalue weighted by atomic mass is 16.1. The molecule has 1 unspecified atom stereocenters. The lowest BCUT2D eigenvalue weighted by molar-refractivity contribution is -0.123. The fraction of sp³-hybridized carbons (Fsp3) is 0.909. The van der Waals surface area contributed by atoms with Crippen molar-refractivity contribution in [3.63, 3.8) is 0 Å². The van der Waals surface area contributed by atoms with Crippen molar-refractivity contribution in [1.82, 2.24) is 0 Å². The summed E-state index contributed by atoms with van der Waals surface area (Å²) in [5.74, 6) is 0.162. The van der Waals surface area contributed by atoms with Crippen LogP contribution in [0.2, 0.25) is 0 Å². The molecule has 0 rings (SSSR count). The molecule has 0 amide bonds. The maximum atomic E-state index is 11.4. The molecule has 0 heterocycles. The third kappa shape index (κ3) is 5.04. The van der Waals surface area contributed by atoms with Crippen molar-refractivity contribution in [2.45, 2.75) is 53.5 Å². The summed E-state index contributed by atoms with van der Waals surface area (Å²) in [5.41, 5.74) is 5.72. The number of hydrogen-bond acceptors (Lipinski definition) is 2. The maximum absolute atomic E-state index is 11.4. The van der Waals surface area contributed by atoms with Crippen LogP contribution in [0.5, 0.6) is 0 Å². The quantitative estimate of drug-likeness (QED) is 0.733. The zero-order valence-electron chi connectivity index (χ0n) is 9.77. The molecule has 0 aliphatic heterocycles. The van der Waals surface area contributed by atoms with Crippen LogP contribution in [0.1, 0.15) is 48.0 Å². The van der Waals surface area contributed by atoms with E-state index in [1.54, 1.807) is 6.92 Å². The molecule has 1 atom stereocenters. The number of ketones is 1. The minimum absolute atomic E-state index is 0.0347. The molecular formula is C11H23NO. The van der Waals surface area contributed by atoms with Crippen LogP contribution in [0, 0.1) is 11.3 Å². The third-order valence-corrected chi connectivity index (χ3v) is 2.21. The molecule has 13 heavy (non-hydrogen) atoms. The Morgan fingerprint density at radius 2 is 1.62 bits per heavy atom. The van der Waals surface area contributed by atoms with Crippen LogP contribution in [0.3, 0.4) is 0 Å². The van der Waals surface area contributed by atoms with Gasteiger partial charge < -0.3 is 5.73 Å². The molecule has 0 saturated carbocycles. The van der Waals surface area contributed by atoms with Gasteiger partial charge in [-0.3, -0.25) is 4.79 Å². The van der Waals surface area contributed by atoms with E-state index in [0.29, 0.717) is 0 Å². The lowest BCUT2D eigenvalue weighted by Gasteiger charge is -2.33. The van der Waals surface area contributed by atoms with Gasteiger partial charge in [0.15, 0.2) is 0 Å². The van der Waals surface area contributed by atoms with Gasteiger partial charge in [0, 0.05) is 11.5 Å². The third-order valence-electron chi connectivity index (χ3n) is 2.21. The first-order chi connectivity index (χ1) is 5.54. The van der Waals surface area contributed by atoms with Crippen LogP contribution in [-0.4, -0.2) is 11.3 Å². The number of carbonyl (C=O) groups excluding carboxylic acids is 1. The van der Waals surface area contributed by atoms with E-state index < -0.39 is 5.54 Å². The molecule has 2 heteroatoms. The predicted molar refractivity (Wildman–Crippen MR) is 56.5 cm³/mol. The largest absolute Gasteiger partial charge is 0.325 e. The molecule has 0 aliphatic rings. The van der Waals surface area contributed by atoms with Crippen molar-refractivity contribution in [3.8, 4) is 0 Å². The van der Waals surface area contributed by atoms with Gasteiger partial charge in [0.05, 0.1) is 0 Å². The lowest BCUT2D eigenvalue weighted by atomic mass is 9.74. The first kappa shape index (κ1) is 12.6. The van der Waals surface area contributed by atoms with E-state index in [1.807, 2.05) is 13.8 Å². The monoisotopic (exact) mass is 185 g/mol. The van der Waals surface area contributed by atoms with E-state index in [1.165, 1.54) is 0 Å². The molecule has 0 radical (unpaired) electrons. The summed E-state index contributed by atoms with van der Waals surface area (Å²) in [5, 5.41) is 0. The summed E-state index contributed by atoms with van der Waals surface area (Å²) in [7, 11) is 0. The van der Waals surface area contributed by atoms with Gasteiger partial charge in [-0.15, -0.1) is 0 Å². The minimum Gasteiger partial charge on any atom is -0.325 e. The van der Waals surface area contributed by atoms with Crippen molar-refractivity contribution in [1.29, 1.82) is 0 Å². The maximum Gasteiger partial charge on any atom is 0.134 e. The predicted octanol–water partition coefficient (Wildman–Crippen LogP) is 2.37. The number of carbonyl (C=O) groups is 1. The zero-order chi connectivity index (χ0) is 10.9. The number of nitrogens with two attached hydrogens (primary N) is 1. The highest BCUT2D eigenvalue weighted by molar-refractivity contribution is 5.79. The van der Waals surface area contributed by atoms with E-state index in [0.717, 1.165) is 6.42 Å². The van der Waals surface area contributed by atoms with Gasteiger partial charge in [0.2, 0.25) is 0 Å². The summed E-state index contributed by atoms with van der Waals surface area (Å²) < 4.78 is 0. The van der Waals surface area contributed by atoms with Gasteiger partial charge in [-0.1, -0.05) is 20.8 Å². The summed E-state index contributed by atoms with van der Waals surface area (Å²) in [6.07, 6.45) is 0.853. The highest BCUT2D eigenvalue weighted by Crippen LogP contribution is 2.30. The Balaban J connectivity index is 4.56. The molecule has 0 spiro atoms. The standard InChI is InChI=1S/C11H23NO/c1-8(13)9(11(5,6)12)7-10(2,3)4/h9H,7,12H2,1-6H3. The van der Waals surface area contributed by atoms with E-state index in [-0.39, 0.29) is 17.1 Å². The van der Waals surface area contributed by atoms with Crippen LogP contribution in [-0.2, 0) is 4.79 Å². The van der Waals surface area contributed by atoms with Gasteiger partial charge in [-0.2, -0.15) is 0 Å². The Labute approximate surface area is 81.9 Å². The molecule has 78 valence electrons. The molecule has 0 aliphatic carbocycles. The molecule has 2 nitrogen and oxygen atoms in total.